The van der Waals surface area contributed by atoms with Crippen LogP contribution in [0.15, 0.2) is 11.8 Å². The Hall–Kier alpha value is -1.03. The number of carbonyl (C=O) groups is 1. The molecule has 0 aliphatic carbocycles. The quantitative estimate of drug-likeness (QED) is 0.280. The highest BCUT2D eigenvalue weighted by molar-refractivity contribution is 5.87. The number of ether oxygens (including phenoxy) is 3. The van der Waals surface area contributed by atoms with Crippen LogP contribution < -0.4 is 0 Å². The molecule has 0 radical (unpaired) electrons. The van der Waals surface area contributed by atoms with E-state index in [-0.39, 0.29) is 12.1 Å². The van der Waals surface area contributed by atoms with Crippen molar-refractivity contribution >= 4 is 5.97 Å². The van der Waals surface area contributed by atoms with Gasteiger partial charge in [-0.2, -0.15) is 0 Å². The van der Waals surface area contributed by atoms with E-state index >= 15 is 0 Å². The number of hydrogen-bond acceptors (Lipinski definition) is 4. The standard InChI is InChI=1S/C10H16O4/c1-3-4-13-10(11)8(2)5-12-6-9-7-14-9/h5,9H,3-4,6-7H2,1-2H3/b8-5+. The third-order valence-corrected chi connectivity index (χ3v) is 1.70. The summed E-state index contributed by atoms with van der Waals surface area (Å²) in [6, 6.07) is 0. The van der Waals surface area contributed by atoms with E-state index in [0.717, 1.165) is 13.0 Å². The van der Waals surface area contributed by atoms with Gasteiger partial charge in [-0.15, -0.1) is 0 Å². The van der Waals surface area contributed by atoms with Crippen LogP contribution in [-0.2, 0) is 19.0 Å². The van der Waals surface area contributed by atoms with Gasteiger partial charge in [-0.3, -0.25) is 0 Å². The smallest absolute Gasteiger partial charge is 0.336 e. The molecule has 0 aromatic heterocycles. The summed E-state index contributed by atoms with van der Waals surface area (Å²) in [4.78, 5) is 11.2. The van der Waals surface area contributed by atoms with Crippen molar-refractivity contribution in [2.24, 2.45) is 0 Å². The molecular formula is C10H16O4. The minimum Gasteiger partial charge on any atom is -0.498 e. The Morgan fingerprint density at radius 3 is 2.93 bits per heavy atom. The van der Waals surface area contributed by atoms with Crippen LogP contribution in [-0.4, -0.2) is 31.9 Å². The van der Waals surface area contributed by atoms with Gasteiger partial charge in [0.1, 0.15) is 12.7 Å². The second-order valence-corrected chi connectivity index (χ2v) is 3.23. The van der Waals surface area contributed by atoms with E-state index in [0.29, 0.717) is 18.8 Å². The molecule has 4 nitrogen and oxygen atoms in total. The lowest BCUT2D eigenvalue weighted by atomic mass is 10.3. The predicted octanol–water partition coefficient (Wildman–Crippen LogP) is 1.26. The van der Waals surface area contributed by atoms with Gasteiger partial charge in [0.15, 0.2) is 0 Å². The van der Waals surface area contributed by atoms with Crippen LogP contribution in [0.4, 0.5) is 0 Å². The first-order valence-corrected chi connectivity index (χ1v) is 4.81. The Bertz CT molecular complexity index is 218. The highest BCUT2D eigenvalue weighted by Gasteiger charge is 2.22. The largest absolute Gasteiger partial charge is 0.498 e. The molecule has 1 aliphatic rings. The van der Waals surface area contributed by atoms with Gasteiger partial charge in [0.25, 0.3) is 0 Å². The Morgan fingerprint density at radius 2 is 2.36 bits per heavy atom. The molecule has 1 atom stereocenters. The summed E-state index contributed by atoms with van der Waals surface area (Å²) in [6.07, 6.45) is 2.47. The molecule has 0 aromatic carbocycles. The number of rotatable bonds is 6. The highest BCUT2D eigenvalue weighted by Crippen LogP contribution is 2.09. The number of esters is 1. The Kier molecular flexibility index (Phi) is 4.46. The van der Waals surface area contributed by atoms with E-state index < -0.39 is 0 Å². The van der Waals surface area contributed by atoms with Gasteiger partial charge in [0.2, 0.25) is 0 Å². The van der Waals surface area contributed by atoms with Gasteiger partial charge in [-0.1, -0.05) is 6.92 Å². The Labute approximate surface area is 83.8 Å². The van der Waals surface area contributed by atoms with Gasteiger partial charge in [-0.05, 0) is 13.3 Å². The van der Waals surface area contributed by atoms with Gasteiger partial charge in [0.05, 0.1) is 25.0 Å². The van der Waals surface area contributed by atoms with E-state index in [1.165, 1.54) is 6.26 Å². The second kappa shape index (κ2) is 5.65. The minimum atomic E-state index is -0.316. The highest BCUT2D eigenvalue weighted by atomic mass is 16.6. The molecule has 1 rings (SSSR count). The molecule has 4 heteroatoms. The van der Waals surface area contributed by atoms with Crippen molar-refractivity contribution in [1.82, 2.24) is 0 Å². The van der Waals surface area contributed by atoms with Crippen LogP contribution >= 0.6 is 0 Å². The van der Waals surface area contributed by atoms with Crippen LogP contribution in [0.1, 0.15) is 20.3 Å². The van der Waals surface area contributed by atoms with Crippen molar-refractivity contribution in [3.63, 3.8) is 0 Å². The average Bonchev–Trinajstić information content (AvgIpc) is 2.97. The fraction of sp³-hybridized carbons (Fsp3) is 0.700. The first-order chi connectivity index (χ1) is 6.74. The van der Waals surface area contributed by atoms with Gasteiger partial charge in [0, 0.05) is 0 Å². The first kappa shape index (κ1) is 11.0. The van der Waals surface area contributed by atoms with E-state index in [1.54, 1.807) is 6.92 Å². The van der Waals surface area contributed by atoms with E-state index in [4.69, 9.17) is 14.2 Å². The molecule has 1 heterocycles. The third kappa shape index (κ3) is 4.28. The topological polar surface area (TPSA) is 48.1 Å². The lowest BCUT2D eigenvalue weighted by molar-refractivity contribution is -0.139. The summed E-state index contributed by atoms with van der Waals surface area (Å²) >= 11 is 0. The molecule has 1 aliphatic heterocycles. The second-order valence-electron chi connectivity index (χ2n) is 3.23. The molecule has 1 saturated heterocycles. The van der Waals surface area contributed by atoms with E-state index in [2.05, 4.69) is 0 Å². The molecule has 0 saturated carbocycles. The molecule has 0 spiro atoms. The molecule has 0 N–H and O–H groups in total. The zero-order valence-corrected chi connectivity index (χ0v) is 8.62. The van der Waals surface area contributed by atoms with Crippen LogP contribution in [0.5, 0.6) is 0 Å². The zero-order valence-electron chi connectivity index (χ0n) is 8.62. The molecule has 80 valence electrons. The molecule has 1 fully saturated rings. The maximum atomic E-state index is 11.2. The van der Waals surface area contributed by atoms with Crippen molar-refractivity contribution < 1.29 is 19.0 Å². The fourth-order valence-corrected chi connectivity index (χ4v) is 0.801. The predicted molar refractivity (Wildman–Crippen MR) is 50.7 cm³/mol. The summed E-state index contributed by atoms with van der Waals surface area (Å²) in [7, 11) is 0. The Morgan fingerprint density at radius 1 is 1.64 bits per heavy atom. The first-order valence-electron chi connectivity index (χ1n) is 4.81. The maximum Gasteiger partial charge on any atom is 0.336 e. The molecule has 0 aromatic rings. The van der Waals surface area contributed by atoms with Crippen molar-refractivity contribution in [2.75, 3.05) is 19.8 Å². The maximum absolute atomic E-state index is 11.2. The lowest BCUT2D eigenvalue weighted by Gasteiger charge is -2.03. The van der Waals surface area contributed by atoms with Crippen molar-refractivity contribution in [3.05, 3.63) is 11.8 Å². The number of epoxide rings is 1. The fourth-order valence-electron chi connectivity index (χ4n) is 0.801. The molecule has 0 amide bonds. The van der Waals surface area contributed by atoms with Crippen molar-refractivity contribution in [2.45, 2.75) is 26.4 Å². The average molecular weight is 200 g/mol. The summed E-state index contributed by atoms with van der Waals surface area (Å²) in [6.45, 7) is 5.35. The van der Waals surface area contributed by atoms with E-state index in [1.807, 2.05) is 6.92 Å². The van der Waals surface area contributed by atoms with Crippen molar-refractivity contribution in [1.29, 1.82) is 0 Å². The minimum absolute atomic E-state index is 0.214. The zero-order chi connectivity index (χ0) is 10.4. The summed E-state index contributed by atoms with van der Waals surface area (Å²) in [5, 5.41) is 0. The van der Waals surface area contributed by atoms with Crippen LogP contribution in [0.3, 0.4) is 0 Å². The van der Waals surface area contributed by atoms with Gasteiger partial charge < -0.3 is 14.2 Å². The Balaban J connectivity index is 2.15. The third-order valence-electron chi connectivity index (χ3n) is 1.70. The number of hydrogen-bond donors (Lipinski definition) is 0. The van der Waals surface area contributed by atoms with E-state index in [9.17, 15) is 4.79 Å². The van der Waals surface area contributed by atoms with Crippen molar-refractivity contribution in [3.8, 4) is 0 Å². The van der Waals surface area contributed by atoms with Crippen LogP contribution in [0, 0.1) is 0 Å². The monoisotopic (exact) mass is 200 g/mol. The van der Waals surface area contributed by atoms with Gasteiger partial charge >= 0.3 is 5.97 Å². The normalized spacial score (nSPS) is 20.4. The van der Waals surface area contributed by atoms with Crippen LogP contribution in [0.2, 0.25) is 0 Å². The number of carbonyl (C=O) groups excluding carboxylic acids is 1. The lowest BCUT2D eigenvalue weighted by Crippen LogP contribution is -2.07. The SMILES string of the molecule is CCCOC(=O)/C(C)=C/OCC1CO1. The molecule has 14 heavy (non-hydrogen) atoms. The summed E-state index contributed by atoms with van der Waals surface area (Å²) in [5.74, 6) is -0.316. The summed E-state index contributed by atoms with van der Waals surface area (Å²) < 4.78 is 15.0. The molecule has 1 unspecified atom stereocenters. The molecular weight excluding hydrogens is 184 g/mol. The molecule has 0 bridgehead atoms. The van der Waals surface area contributed by atoms with Gasteiger partial charge in [-0.25, -0.2) is 4.79 Å². The summed E-state index contributed by atoms with van der Waals surface area (Å²) in [5.41, 5.74) is 0.485. The van der Waals surface area contributed by atoms with Crippen LogP contribution in [0.25, 0.3) is 0 Å².